The summed E-state index contributed by atoms with van der Waals surface area (Å²) in [4.78, 5) is 11.6. The summed E-state index contributed by atoms with van der Waals surface area (Å²) in [6.07, 6.45) is 0.923. The van der Waals surface area contributed by atoms with Crippen molar-refractivity contribution >= 4 is 17.6 Å². The second-order valence-corrected chi connectivity index (χ2v) is 4.42. The molecule has 72 valence electrons. The van der Waals surface area contributed by atoms with E-state index in [0.29, 0.717) is 17.5 Å². The van der Waals surface area contributed by atoms with Crippen molar-refractivity contribution in [2.75, 3.05) is 6.61 Å². The van der Waals surface area contributed by atoms with Crippen molar-refractivity contribution in [3.8, 4) is 0 Å². The normalized spacial score (nSPS) is 33.8. The van der Waals surface area contributed by atoms with Crippen LogP contribution < -0.4 is 0 Å². The molecule has 3 rings (SSSR count). The van der Waals surface area contributed by atoms with E-state index in [1.165, 1.54) is 0 Å². The van der Waals surface area contributed by atoms with Gasteiger partial charge in [0.05, 0.1) is 12.0 Å². The zero-order chi connectivity index (χ0) is 9.76. The molecule has 1 saturated carbocycles. The Bertz CT molecular complexity index is 416. The van der Waals surface area contributed by atoms with E-state index >= 15 is 0 Å². The summed E-state index contributed by atoms with van der Waals surface area (Å²) in [7, 11) is 0. The van der Waals surface area contributed by atoms with Crippen LogP contribution in [0.3, 0.4) is 0 Å². The standard InChI is InChI=1S/C11H9ClO2/c12-9-3-1-2-7(4-9)11-5-8(11)6-14-10(11)13/h1-4,8H,5-6H2. The molecule has 0 aromatic heterocycles. The van der Waals surface area contributed by atoms with Gasteiger partial charge in [0.15, 0.2) is 0 Å². The number of ether oxygens (including phenoxy) is 1. The number of rotatable bonds is 1. The number of fused-ring (bicyclic) bond motifs is 1. The van der Waals surface area contributed by atoms with Crippen LogP contribution in [0, 0.1) is 5.92 Å². The highest BCUT2D eigenvalue weighted by Gasteiger charge is 2.66. The van der Waals surface area contributed by atoms with Gasteiger partial charge >= 0.3 is 5.97 Å². The molecule has 1 aliphatic carbocycles. The maximum Gasteiger partial charge on any atom is 0.317 e. The molecule has 1 aliphatic heterocycles. The van der Waals surface area contributed by atoms with E-state index in [-0.39, 0.29) is 11.4 Å². The Labute approximate surface area is 86.8 Å². The van der Waals surface area contributed by atoms with Gasteiger partial charge in [-0.15, -0.1) is 0 Å². The molecule has 1 heterocycles. The van der Waals surface area contributed by atoms with E-state index < -0.39 is 0 Å². The summed E-state index contributed by atoms with van der Waals surface area (Å²) in [6.45, 7) is 0.575. The Hall–Kier alpha value is -1.02. The van der Waals surface area contributed by atoms with Crippen LogP contribution in [0.1, 0.15) is 12.0 Å². The molecule has 1 saturated heterocycles. The van der Waals surface area contributed by atoms with Gasteiger partial charge in [0.1, 0.15) is 0 Å². The predicted molar refractivity (Wildman–Crippen MR) is 52.2 cm³/mol. The van der Waals surface area contributed by atoms with Crippen LogP contribution in [0.4, 0.5) is 0 Å². The summed E-state index contributed by atoms with van der Waals surface area (Å²) in [5.74, 6) is 0.304. The lowest BCUT2D eigenvalue weighted by Crippen LogP contribution is -2.18. The summed E-state index contributed by atoms with van der Waals surface area (Å²) in [5, 5.41) is 0.683. The molecule has 0 N–H and O–H groups in total. The number of cyclic esters (lactones) is 1. The average molecular weight is 209 g/mol. The van der Waals surface area contributed by atoms with E-state index in [2.05, 4.69) is 0 Å². The second-order valence-electron chi connectivity index (χ2n) is 3.98. The lowest BCUT2D eigenvalue weighted by atomic mass is 9.95. The Morgan fingerprint density at radius 3 is 2.93 bits per heavy atom. The van der Waals surface area contributed by atoms with Gasteiger partial charge < -0.3 is 4.74 Å². The highest BCUT2D eigenvalue weighted by molar-refractivity contribution is 6.30. The van der Waals surface area contributed by atoms with Gasteiger partial charge in [-0.25, -0.2) is 0 Å². The molecule has 0 amide bonds. The third-order valence-electron chi connectivity index (χ3n) is 3.22. The topological polar surface area (TPSA) is 26.3 Å². The van der Waals surface area contributed by atoms with Crippen LogP contribution in [-0.4, -0.2) is 12.6 Å². The smallest absolute Gasteiger partial charge is 0.317 e. The van der Waals surface area contributed by atoms with Crippen LogP contribution in [0.2, 0.25) is 5.02 Å². The zero-order valence-electron chi connectivity index (χ0n) is 7.50. The minimum atomic E-state index is -0.342. The van der Waals surface area contributed by atoms with Gasteiger partial charge in [0, 0.05) is 10.9 Å². The molecule has 1 aromatic carbocycles. The number of halogens is 1. The van der Waals surface area contributed by atoms with Crippen molar-refractivity contribution in [2.45, 2.75) is 11.8 Å². The number of benzene rings is 1. The number of carbonyl (C=O) groups excluding carboxylic acids is 1. The van der Waals surface area contributed by atoms with E-state index in [9.17, 15) is 4.79 Å². The Morgan fingerprint density at radius 2 is 2.36 bits per heavy atom. The first kappa shape index (κ1) is 8.30. The molecule has 1 aromatic rings. The van der Waals surface area contributed by atoms with Gasteiger partial charge in [0.25, 0.3) is 0 Å². The van der Waals surface area contributed by atoms with Crippen LogP contribution in [0.5, 0.6) is 0 Å². The minimum absolute atomic E-state index is 0.0789. The van der Waals surface area contributed by atoms with Crippen LogP contribution in [0.25, 0.3) is 0 Å². The molecular weight excluding hydrogens is 200 g/mol. The van der Waals surface area contributed by atoms with E-state index in [0.717, 1.165) is 12.0 Å². The predicted octanol–water partition coefficient (Wildman–Crippen LogP) is 2.15. The van der Waals surface area contributed by atoms with Crippen molar-refractivity contribution in [1.29, 1.82) is 0 Å². The van der Waals surface area contributed by atoms with E-state index in [1.807, 2.05) is 24.3 Å². The molecule has 0 radical (unpaired) electrons. The minimum Gasteiger partial charge on any atom is -0.465 e. The molecule has 0 spiro atoms. The highest BCUT2D eigenvalue weighted by Crippen LogP contribution is 2.59. The first-order chi connectivity index (χ1) is 6.73. The third-order valence-corrected chi connectivity index (χ3v) is 3.46. The van der Waals surface area contributed by atoms with E-state index in [1.54, 1.807) is 0 Å². The molecule has 2 fully saturated rings. The number of hydrogen-bond donors (Lipinski definition) is 0. The van der Waals surface area contributed by atoms with Crippen LogP contribution in [-0.2, 0) is 14.9 Å². The van der Waals surface area contributed by atoms with Gasteiger partial charge in [-0.1, -0.05) is 23.7 Å². The van der Waals surface area contributed by atoms with Crippen molar-refractivity contribution in [1.82, 2.24) is 0 Å². The number of hydrogen-bond acceptors (Lipinski definition) is 2. The van der Waals surface area contributed by atoms with Crippen molar-refractivity contribution in [2.24, 2.45) is 5.92 Å². The first-order valence-corrected chi connectivity index (χ1v) is 5.04. The summed E-state index contributed by atoms with van der Waals surface area (Å²) >= 11 is 5.90. The molecular formula is C11H9ClO2. The average Bonchev–Trinajstić information content (AvgIpc) is 2.83. The second kappa shape index (κ2) is 2.51. The fraction of sp³-hybridized carbons (Fsp3) is 0.364. The quantitative estimate of drug-likeness (QED) is 0.661. The molecule has 2 aliphatic rings. The summed E-state index contributed by atoms with van der Waals surface area (Å²) in [6, 6.07) is 7.53. The fourth-order valence-electron chi connectivity index (χ4n) is 2.32. The Balaban J connectivity index is 2.08. The first-order valence-electron chi connectivity index (χ1n) is 4.67. The monoisotopic (exact) mass is 208 g/mol. The third kappa shape index (κ3) is 0.894. The Morgan fingerprint density at radius 1 is 1.50 bits per heavy atom. The molecule has 0 bridgehead atoms. The van der Waals surface area contributed by atoms with Crippen molar-refractivity contribution in [3.63, 3.8) is 0 Å². The van der Waals surface area contributed by atoms with Gasteiger partial charge in [0.2, 0.25) is 0 Å². The van der Waals surface area contributed by atoms with E-state index in [4.69, 9.17) is 16.3 Å². The SMILES string of the molecule is O=C1OCC2CC12c1cccc(Cl)c1. The largest absolute Gasteiger partial charge is 0.465 e. The molecule has 14 heavy (non-hydrogen) atoms. The zero-order valence-corrected chi connectivity index (χ0v) is 8.25. The van der Waals surface area contributed by atoms with Gasteiger partial charge in [-0.2, -0.15) is 0 Å². The molecule has 2 atom stereocenters. The lowest BCUT2D eigenvalue weighted by Gasteiger charge is -2.09. The summed E-state index contributed by atoms with van der Waals surface area (Å²) < 4.78 is 5.03. The number of esters is 1. The molecule has 2 nitrogen and oxygen atoms in total. The van der Waals surface area contributed by atoms with Crippen molar-refractivity contribution in [3.05, 3.63) is 34.9 Å². The van der Waals surface area contributed by atoms with Crippen molar-refractivity contribution < 1.29 is 9.53 Å². The fourth-order valence-corrected chi connectivity index (χ4v) is 2.51. The molecule has 3 heteroatoms. The Kier molecular flexibility index (Phi) is 1.49. The van der Waals surface area contributed by atoms with Crippen LogP contribution >= 0.6 is 11.6 Å². The van der Waals surface area contributed by atoms with Gasteiger partial charge in [-0.05, 0) is 24.1 Å². The number of carbonyl (C=O) groups is 1. The maximum atomic E-state index is 11.6. The molecule has 2 unspecified atom stereocenters. The lowest BCUT2D eigenvalue weighted by molar-refractivity contribution is -0.142. The highest BCUT2D eigenvalue weighted by atomic mass is 35.5. The summed E-state index contributed by atoms with van der Waals surface area (Å²) in [5.41, 5.74) is 0.669. The van der Waals surface area contributed by atoms with Crippen LogP contribution in [0.15, 0.2) is 24.3 Å². The van der Waals surface area contributed by atoms with Gasteiger partial charge in [-0.3, -0.25) is 4.79 Å². The maximum absolute atomic E-state index is 11.6.